The molecule has 0 rings (SSSR count). The number of hydrogen-bond acceptors (Lipinski definition) is 6. The SMILES string of the molecule is CC/C=C\C/C=C\C/C=C\C/C=C\C/C=C\C/C=C\C/C=C\CCCC(=O)OCC(COC(=O)CCCCCCC/C=C\CCCCCC)OC(=O)CCCCCCCCCC/C=C\C/C=C\C/C=C\C/C=C\CC. The topological polar surface area (TPSA) is 78.9 Å². The molecule has 0 N–H and O–H groups in total. The predicted molar refractivity (Wildman–Crippen MR) is 325 cm³/mol. The average molecular weight is 1040 g/mol. The molecule has 422 valence electrons. The third-order valence-electron chi connectivity index (χ3n) is 12.3. The number of allylic oxidation sites excluding steroid dienone is 24. The van der Waals surface area contributed by atoms with E-state index < -0.39 is 6.10 Å². The van der Waals surface area contributed by atoms with Crippen molar-refractivity contribution >= 4 is 17.9 Å². The first kappa shape index (κ1) is 70.3. The van der Waals surface area contributed by atoms with Crippen LogP contribution in [0.15, 0.2) is 146 Å². The molecule has 1 unspecified atom stereocenters. The van der Waals surface area contributed by atoms with Crippen LogP contribution in [0.3, 0.4) is 0 Å². The summed E-state index contributed by atoms with van der Waals surface area (Å²) in [4.78, 5) is 38.2. The van der Waals surface area contributed by atoms with Crippen LogP contribution < -0.4 is 0 Å². The zero-order valence-electron chi connectivity index (χ0n) is 48.3. The Morgan fingerprint density at radius 1 is 0.280 bits per heavy atom. The maximum atomic E-state index is 12.9. The highest BCUT2D eigenvalue weighted by Crippen LogP contribution is 2.14. The van der Waals surface area contributed by atoms with Crippen molar-refractivity contribution < 1.29 is 28.6 Å². The van der Waals surface area contributed by atoms with Crippen LogP contribution in [0, 0.1) is 0 Å². The minimum Gasteiger partial charge on any atom is -0.462 e. The fourth-order valence-corrected chi connectivity index (χ4v) is 7.83. The van der Waals surface area contributed by atoms with Gasteiger partial charge >= 0.3 is 17.9 Å². The molecule has 0 saturated heterocycles. The van der Waals surface area contributed by atoms with Crippen LogP contribution in [0.25, 0.3) is 0 Å². The molecule has 1 atom stereocenters. The minimum absolute atomic E-state index is 0.109. The van der Waals surface area contributed by atoms with Gasteiger partial charge in [-0.1, -0.05) is 244 Å². The Labute approximate surface area is 461 Å². The van der Waals surface area contributed by atoms with Gasteiger partial charge in [-0.2, -0.15) is 0 Å². The lowest BCUT2D eigenvalue weighted by Gasteiger charge is -2.18. The molecule has 0 heterocycles. The second-order valence-corrected chi connectivity index (χ2v) is 19.5. The summed E-state index contributed by atoms with van der Waals surface area (Å²) < 4.78 is 16.8. The number of hydrogen-bond donors (Lipinski definition) is 0. The van der Waals surface area contributed by atoms with Gasteiger partial charge in [0, 0.05) is 19.3 Å². The quantitative estimate of drug-likeness (QED) is 0.0261. The maximum absolute atomic E-state index is 12.9. The van der Waals surface area contributed by atoms with Gasteiger partial charge in [-0.05, 0) is 135 Å². The lowest BCUT2D eigenvalue weighted by molar-refractivity contribution is -0.167. The largest absolute Gasteiger partial charge is 0.462 e. The van der Waals surface area contributed by atoms with Crippen molar-refractivity contribution in [2.24, 2.45) is 0 Å². The minimum atomic E-state index is -0.817. The Balaban J connectivity index is 4.50. The Hall–Kier alpha value is -4.71. The smallest absolute Gasteiger partial charge is 0.306 e. The summed E-state index contributed by atoms with van der Waals surface area (Å²) in [5, 5.41) is 0. The summed E-state index contributed by atoms with van der Waals surface area (Å²) in [5.74, 6) is -0.991. The van der Waals surface area contributed by atoms with Gasteiger partial charge in [-0.3, -0.25) is 14.4 Å². The molecule has 0 aliphatic carbocycles. The van der Waals surface area contributed by atoms with Gasteiger partial charge in [0.05, 0.1) is 0 Å². The highest BCUT2D eigenvalue weighted by molar-refractivity contribution is 5.71. The van der Waals surface area contributed by atoms with E-state index in [-0.39, 0.29) is 37.5 Å². The highest BCUT2D eigenvalue weighted by Gasteiger charge is 2.19. The summed E-state index contributed by atoms with van der Waals surface area (Å²) in [6, 6.07) is 0. The van der Waals surface area contributed by atoms with Gasteiger partial charge in [-0.25, -0.2) is 0 Å². The van der Waals surface area contributed by atoms with Crippen LogP contribution in [0.4, 0.5) is 0 Å². The molecular weight excluding hydrogens is 925 g/mol. The second-order valence-electron chi connectivity index (χ2n) is 19.5. The standard InChI is InChI=1S/C69H110O6/c1-4-7-10-13-16-19-22-25-27-29-31-33-34-36-37-39-41-44-47-50-53-56-59-62-68(71)74-65-66(64-73-67(70)61-58-55-52-49-46-43-24-21-18-15-12-9-6-3)75-69(72)63-60-57-54-51-48-45-42-40-38-35-32-30-28-26-23-20-17-14-11-8-5-2/h7-8,10-11,16-17,19-21,24-28,31-33,35-37,41,44,50,53,66H,4-6,9,12-15,18,22-23,29-30,34,38-40,42-43,45-49,51-52,54-65H2,1-3H3/b10-7-,11-8-,19-16-,20-17-,24-21-,27-25-,28-26-,33-31-,35-32-,37-36-,44-41-,53-50-. The van der Waals surface area contributed by atoms with Crippen molar-refractivity contribution in [1.82, 2.24) is 0 Å². The number of rotatable bonds is 53. The van der Waals surface area contributed by atoms with Crippen molar-refractivity contribution in [3.05, 3.63) is 146 Å². The molecule has 0 aromatic rings. The van der Waals surface area contributed by atoms with Crippen molar-refractivity contribution in [1.29, 1.82) is 0 Å². The first-order chi connectivity index (χ1) is 37.0. The Kier molecular flexibility index (Phi) is 58.0. The number of esters is 3. The van der Waals surface area contributed by atoms with E-state index in [0.717, 1.165) is 135 Å². The third kappa shape index (κ3) is 60.0. The van der Waals surface area contributed by atoms with Crippen LogP contribution >= 0.6 is 0 Å². The number of ether oxygens (including phenoxy) is 3. The first-order valence-corrected chi connectivity index (χ1v) is 30.3. The molecule has 0 radical (unpaired) electrons. The summed E-state index contributed by atoms with van der Waals surface area (Å²) in [5.41, 5.74) is 0. The van der Waals surface area contributed by atoms with Crippen molar-refractivity contribution in [2.75, 3.05) is 13.2 Å². The molecule has 0 saturated carbocycles. The van der Waals surface area contributed by atoms with Crippen LogP contribution in [0.1, 0.15) is 252 Å². The molecule has 0 bridgehead atoms. The van der Waals surface area contributed by atoms with E-state index in [9.17, 15) is 14.4 Å². The second kappa shape index (κ2) is 61.8. The molecule has 6 heteroatoms. The normalized spacial score (nSPS) is 13.2. The third-order valence-corrected chi connectivity index (χ3v) is 12.3. The summed E-state index contributed by atoms with van der Waals surface area (Å²) in [6.07, 6.45) is 88.4. The summed E-state index contributed by atoms with van der Waals surface area (Å²) >= 11 is 0. The number of carbonyl (C=O) groups excluding carboxylic acids is 3. The number of unbranched alkanes of at least 4 members (excludes halogenated alkanes) is 18. The molecule has 0 spiro atoms. The molecular formula is C69H110O6. The Morgan fingerprint density at radius 2 is 0.533 bits per heavy atom. The molecule has 0 aromatic carbocycles. The van der Waals surface area contributed by atoms with Crippen LogP contribution in [0.2, 0.25) is 0 Å². The van der Waals surface area contributed by atoms with E-state index >= 15 is 0 Å². The van der Waals surface area contributed by atoms with Gasteiger partial charge in [0.2, 0.25) is 0 Å². The van der Waals surface area contributed by atoms with E-state index in [1.807, 2.05) is 0 Å². The monoisotopic (exact) mass is 1030 g/mol. The molecule has 6 nitrogen and oxygen atoms in total. The van der Waals surface area contributed by atoms with Gasteiger partial charge in [0.15, 0.2) is 6.10 Å². The van der Waals surface area contributed by atoms with Crippen molar-refractivity contribution in [3.8, 4) is 0 Å². The molecule has 0 aliphatic rings. The van der Waals surface area contributed by atoms with Gasteiger partial charge in [-0.15, -0.1) is 0 Å². The zero-order chi connectivity index (χ0) is 54.3. The number of carbonyl (C=O) groups is 3. The van der Waals surface area contributed by atoms with E-state index in [4.69, 9.17) is 14.2 Å². The van der Waals surface area contributed by atoms with E-state index in [2.05, 4.69) is 167 Å². The van der Waals surface area contributed by atoms with E-state index in [1.54, 1.807) is 0 Å². The molecule has 0 amide bonds. The molecule has 75 heavy (non-hydrogen) atoms. The van der Waals surface area contributed by atoms with E-state index in [0.29, 0.717) is 19.3 Å². The lowest BCUT2D eigenvalue weighted by atomic mass is 10.1. The van der Waals surface area contributed by atoms with Crippen molar-refractivity contribution in [3.63, 3.8) is 0 Å². The molecule has 0 aliphatic heterocycles. The Bertz CT molecular complexity index is 1660. The van der Waals surface area contributed by atoms with Gasteiger partial charge in [0.1, 0.15) is 13.2 Å². The van der Waals surface area contributed by atoms with Crippen LogP contribution in [-0.4, -0.2) is 37.2 Å². The first-order valence-electron chi connectivity index (χ1n) is 30.3. The van der Waals surface area contributed by atoms with E-state index in [1.165, 1.54) is 70.6 Å². The molecule has 0 fully saturated rings. The van der Waals surface area contributed by atoms with Gasteiger partial charge in [0.25, 0.3) is 0 Å². The predicted octanol–water partition coefficient (Wildman–Crippen LogP) is 20.8. The van der Waals surface area contributed by atoms with Crippen molar-refractivity contribution in [2.45, 2.75) is 258 Å². The average Bonchev–Trinajstić information content (AvgIpc) is 3.41. The zero-order valence-corrected chi connectivity index (χ0v) is 48.3. The fourth-order valence-electron chi connectivity index (χ4n) is 7.83. The summed E-state index contributed by atoms with van der Waals surface area (Å²) in [7, 11) is 0. The Morgan fingerprint density at radius 3 is 0.880 bits per heavy atom. The maximum Gasteiger partial charge on any atom is 0.306 e. The highest BCUT2D eigenvalue weighted by atomic mass is 16.6. The van der Waals surface area contributed by atoms with Crippen LogP contribution in [-0.2, 0) is 28.6 Å². The lowest BCUT2D eigenvalue weighted by Crippen LogP contribution is -2.30. The van der Waals surface area contributed by atoms with Crippen LogP contribution in [0.5, 0.6) is 0 Å². The fraction of sp³-hybridized carbons (Fsp3) is 0.609. The molecule has 0 aromatic heterocycles. The van der Waals surface area contributed by atoms with Gasteiger partial charge < -0.3 is 14.2 Å². The summed E-state index contributed by atoms with van der Waals surface area (Å²) in [6.45, 7) is 6.33.